The van der Waals surface area contributed by atoms with Crippen molar-refractivity contribution in [3.63, 3.8) is 0 Å². The van der Waals surface area contributed by atoms with Gasteiger partial charge in [-0.1, -0.05) is 48.5 Å². The quantitative estimate of drug-likeness (QED) is 0.304. The van der Waals surface area contributed by atoms with Crippen molar-refractivity contribution in [3.8, 4) is 0 Å². The summed E-state index contributed by atoms with van der Waals surface area (Å²) >= 11 is 0. The number of nitrogens with two attached hydrogens (primary N) is 1. The maximum Gasteiger partial charge on any atom is 0.242 e. The second kappa shape index (κ2) is 10.0. The Kier molecular flexibility index (Phi) is 7.17. The van der Waals surface area contributed by atoms with E-state index >= 15 is 0 Å². The van der Waals surface area contributed by atoms with Crippen LogP contribution in [0.4, 0.5) is 5.69 Å². The Balaban J connectivity index is 1.80. The molecule has 0 heterocycles. The zero-order valence-corrected chi connectivity index (χ0v) is 17.6. The lowest BCUT2D eigenvalue weighted by atomic mass is 10.1. The summed E-state index contributed by atoms with van der Waals surface area (Å²) in [4.78, 5) is 12.9. The van der Waals surface area contributed by atoms with Crippen LogP contribution < -0.4 is 15.8 Å². The normalized spacial score (nSPS) is 12.1. The number of carbonyl (C=O) groups is 1. The van der Waals surface area contributed by atoms with Gasteiger partial charge in [0.1, 0.15) is 11.9 Å². The molecule has 3 rings (SSSR count). The monoisotopic (exact) mass is 436 g/mol. The van der Waals surface area contributed by atoms with Gasteiger partial charge in [0.15, 0.2) is 0 Å². The number of anilines is 1. The summed E-state index contributed by atoms with van der Waals surface area (Å²) in [5.74, 6) is -0.592. The van der Waals surface area contributed by atoms with E-state index in [2.05, 4.69) is 10.0 Å². The minimum absolute atomic E-state index is 0.00489. The van der Waals surface area contributed by atoms with Crippen LogP contribution in [0.15, 0.2) is 89.8 Å². The van der Waals surface area contributed by atoms with Crippen LogP contribution in [0, 0.1) is 5.41 Å². The third kappa shape index (κ3) is 6.24. The van der Waals surface area contributed by atoms with Gasteiger partial charge in [-0.3, -0.25) is 10.2 Å². The number of amidine groups is 1. The number of benzene rings is 3. The van der Waals surface area contributed by atoms with Gasteiger partial charge in [-0.25, -0.2) is 8.42 Å². The Morgan fingerprint density at radius 3 is 2.06 bits per heavy atom. The summed E-state index contributed by atoms with van der Waals surface area (Å²) in [6, 6.07) is 23.1. The lowest BCUT2D eigenvalue weighted by Gasteiger charge is -2.19. The fourth-order valence-electron chi connectivity index (χ4n) is 3.02. The van der Waals surface area contributed by atoms with Gasteiger partial charge in [0.05, 0.1) is 4.90 Å². The van der Waals surface area contributed by atoms with Crippen molar-refractivity contribution >= 4 is 27.5 Å². The van der Waals surface area contributed by atoms with Crippen molar-refractivity contribution in [2.75, 3.05) is 5.32 Å². The molecular formula is C23H24N4O3S. The zero-order valence-electron chi connectivity index (χ0n) is 16.8. The number of hydrogen-bond donors (Lipinski definition) is 4. The Hall–Kier alpha value is -3.49. The molecule has 3 aromatic rings. The number of nitrogen functional groups attached to an aromatic ring is 1. The summed E-state index contributed by atoms with van der Waals surface area (Å²) in [5.41, 5.74) is 7.43. The van der Waals surface area contributed by atoms with Gasteiger partial charge in [-0.2, -0.15) is 4.72 Å². The van der Waals surface area contributed by atoms with E-state index in [1.54, 1.807) is 24.3 Å². The van der Waals surface area contributed by atoms with E-state index in [0.29, 0.717) is 17.7 Å². The molecule has 0 aliphatic carbocycles. The number of rotatable bonds is 9. The van der Waals surface area contributed by atoms with Crippen LogP contribution in [0.5, 0.6) is 0 Å². The molecule has 1 unspecified atom stereocenters. The van der Waals surface area contributed by atoms with Gasteiger partial charge in [0.25, 0.3) is 0 Å². The van der Waals surface area contributed by atoms with Crippen LogP contribution in [-0.2, 0) is 21.2 Å². The van der Waals surface area contributed by atoms with Crippen molar-refractivity contribution in [2.24, 2.45) is 5.73 Å². The van der Waals surface area contributed by atoms with E-state index in [1.807, 2.05) is 36.4 Å². The van der Waals surface area contributed by atoms with Crippen molar-refractivity contribution in [2.45, 2.75) is 23.8 Å². The molecule has 3 aromatic carbocycles. The summed E-state index contributed by atoms with van der Waals surface area (Å²) in [6.07, 6.45) is 0.812. The van der Waals surface area contributed by atoms with Gasteiger partial charge < -0.3 is 11.1 Å². The first-order chi connectivity index (χ1) is 14.8. The van der Waals surface area contributed by atoms with Crippen molar-refractivity contribution in [1.82, 2.24) is 4.72 Å². The SMILES string of the molecule is N=C(N)c1ccc(S(=O)(=O)NC(CCc2ccccc2)C(=O)Nc2ccccc2)cc1. The molecule has 0 saturated carbocycles. The third-order valence-corrected chi connectivity index (χ3v) is 6.18. The van der Waals surface area contributed by atoms with E-state index in [-0.39, 0.29) is 17.2 Å². The molecule has 5 N–H and O–H groups in total. The maximum absolute atomic E-state index is 12.9. The van der Waals surface area contributed by atoms with E-state index in [9.17, 15) is 13.2 Å². The summed E-state index contributed by atoms with van der Waals surface area (Å²) in [5, 5.41) is 10.2. The first-order valence-electron chi connectivity index (χ1n) is 9.72. The molecule has 0 aliphatic heterocycles. The average molecular weight is 437 g/mol. The molecule has 0 radical (unpaired) electrons. The summed E-state index contributed by atoms with van der Waals surface area (Å²) < 4.78 is 28.4. The highest BCUT2D eigenvalue weighted by Gasteiger charge is 2.26. The molecule has 7 nitrogen and oxygen atoms in total. The Labute approximate surface area is 181 Å². The molecule has 0 bridgehead atoms. The first kappa shape index (κ1) is 22.2. The Morgan fingerprint density at radius 1 is 0.903 bits per heavy atom. The predicted octanol–water partition coefficient (Wildman–Crippen LogP) is 2.89. The lowest BCUT2D eigenvalue weighted by molar-refractivity contribution is -0.117. The number of aryl methyl sites for hydroxylation is 1. The first-order valence-corrected chi connectivity index (χ1v) is 11.2. The van der Waals surface area contributed by atoms with E-state index in [0.717, 1.165) is 5.56 Å². The van der Waals surface area contributed by atoms with Gasteiger partial charge in [0, 0.05) is 11.3 Å². The van der Waals surface area contributed by atoms with Crippen LogP contribution in [0.1, 0.15) is 17.5 Å². The second-order valence-electron chi connectivity index (χ2n) is 6.99. The third-order valence-electron chi connectivity index (χ3n) is 4.70. The van der Waals surface area contributed by atoms with Crippen molar-refractivity contribution < 1.29 is 13.2 Å². The van der Waals surface area contributed by atoms with Crippen molar-refractivity contribution in [1.29, 1.82) is 5.41 Å². The molecule has 0 aromatic heterocycles. The van der Waals surface area contributed by atoms with Crippen molar-refractivity contribution in [3.05, 3.63) is 96.1 Å². The number of para-hydroxylation sites is 1. The molecule has 8 heteroatoms. The predicted molar refractivity (Wildman–Crippen MR) is 121 cm³/mol. The Bertz CT molecular complexity index is 1130. The molecule has 160 valence electrons. The molecule has 1 amide bonds. The number of sulfonamides is 1. The fraction of sp³-hybridized carbons (Fsp3) is 0.130. The molecular weight excluding hydrogens is 412 g/mol. The Morgan fingerprint density at radius 2 is 1.48 bits per heavy atom. The molecule has 0 fully saturated rings. The van der Waals surface area contributed by atoms with Gasteiger partial charge in [0.2, 0.25) is 15.9 Å². The zero-order chi connectivity index (χ0) is 22.3. The minimum Gasteiger partial charge on any atom is -0.384 e. The highest BCUT2D eigenvalue weighted by molar-refractivity contribution is 7.89. The van der Waals surface area contributed by atoms with E-state index in [1.165, 1.54) is 24.3 Å². The topological polar surface area (TPSA) is 125 Å². The van der Waals surface area contributed by atoms with Crippen LogP contribution in [0.2, 0.25) is 0 Å². The largest absolute Gasteiger partial charge is 0.384 e. The van der Waals surface area contributed by atoms with Gasteiger partial charge in [-0.15, -0.1) is 0 Å². The van der Waals surface area contributed by atoms with E-state index < -0.39 is 22.0 Å². The molecule has 0 saturated heterocycles. The van der Waals surface area contributed by atoms with E-state index in [4.69, 9.17) is 11.1 Å². The minimum atomic E-state index is -3.97. The molecule has 1 atom stereocenters. The standard InChI is InChI=1S/C23H24N4O3S/c24-22(25)18-12-14-20(15-13-18)31(29,30)27-21(16-11-17-7-3-1-4-8-17)23(28)26-19-9-5-2-6-10-19/h1-10,12-15,21,27H,11,16H2,(H3,24,25)(H,26,28). The highest BCUT2D eigenvalue weighted by atomic mass is 32.2. The average Bonchev–Trinajstić information content (AvgIpc) is 2.78. The van der Waals surface area contributed by atoms with Crippen LogP contribution in [0.3, 0.4) is 0 Å². The molecule has 0 spiro atoms. The highest BCUT2D eigenvalue weighted by Crippen LogP contribution is 2.15. The van der Waals surface area contributed by atoms with Crippen LogP contribution in [-0.4, -0.2) is 26.2 Å². The fourth-order valence-corrected chi connectivity index (χ4v) is 4.25. The lowest BCUT2D eigenvalue weighted by Crippen LogP contribution is -2.44. The second-order valence-corrected chi connectivity index (χ2v) is 8.71. The number of hydrogen-bond acceptors (Lipinski definition) is 4. The van der Waals surface area contributed by atoms with Crippen LogP contribution >= 0.6 is 0 Å². The number of nitrogens with one attached hydrogen (secondary N) is 3. The van der Waals surface area contributed by atoms with Gasteiger partial charge >= 0.3 is 0 Å². The van der Waals surface area contributed by atoms with Gasteiger partial charge in [-0.05, 0) is 54.8 Å². The smallest absolute Gasteiger partial charge is 0.242 e. The molecule has 31 heavy (non-hydrogen) atoms. The number of carbonyl (C=O) groups excluding carboxylic acids is 1. The number of amides is 1. The summed E-state index contributed by atoms with van der Waals surface area (Å²) in [7, 11) is -3.97. The van der Waals surface area contributed by atoms with Crippen LogP contribution in [0.25, 0.3) is 0 Å². The molecule has 0 aliphatic rings. The summed E-state index contributed by atoms with van der Waals surface area (Å²) in [6.45, 7) is 0. The maximum atomic E-state index is 12.9.